The molecule has 2 saturated heterocycles. The minimum Gasteiger partial charge on any atom is -0.378 e. The third-order valence-electron chi connectivity index (χ3n) is 6.66. The summed E-state index contributed by atoms with van der Waals surface area (Å²) in [6.07, 6.45) is 1.69. The fraction of sp³-hybridized carbons (Fsp3) is 0.357. The zero-order valence-corrected chi connectivity index (χ0v) is 20.8. The molecule has 0 unspecified atom stereocenters. The van der Waals surface area contributed by atoms with E-state index in [-0.39, 0.29) is 5.91 Å². The molecule has 36 heavy (non-hydrogen) atoms. The van der Waals surface area contributed by atoms with Crippen LogP contribution in [0.1, 0.15) is 21.5 Å². The van der Waals surface area contributed by atoms with E-state index in [9.17, 15) is 4.79 Å². The highest BCUT2D eigenvalue weighted by Crippen LogP contribution is 2.26. The maximum Gasteiger partial charge on any atom is 0.255 e. The lowest BCUT2D eigenvalue weighted by Gasteiger charge is -2.27. The molecule has 8 nitrogen and oxygen atoms in total. The second-order valence-electron chi connectivity index (χ2n) is 9.34. The number of nitrogens with zero attached hydrogens (tertiary/aromatic N) is 3. The Bertz CT molecular complexity index is 1190. The number of anilines is 4. The zero-order chi connectivity index (χ0) is 24.7. The number of rotatable bonds is 7. The van der Waals surface area contributed by atoms with Crippen LogP contribution in [0.4, 0.5) is 22.9 Å². The van der Waals surface area contributed by atoms with Crippen LogP contribution in [0.2, 0.25) is 0 Å². The summed E-state index contributed by atoms with van der Waals surface area (Å²) in [5.41, 5.74) is 5.74. The first-order chi connectivity index (χ1) is 17.6. The van der Waals surface area contributed by atoms with E-state index in [1.807, 2.05) is 24.3 Å². The van der Waals surface area contributed by atoms with Crippen LogP contribution in [0.15, 0.2) is 60.8 Å². The molecule has 3 heterocycles. The summed E-state index contributed by atoms with van der Waals surface area (Å²) < 4.78 is 5.42. The van der Waals surface area contributed by atoms with Crippen LogP contribution in [0, 0.1) is 6.92 Å². The highest BCUT2D eigenvalue weighted by atomic mass is 16.5. The van der Waals surface area contributed by atoms with Crippen molar-refractivity contribution < 1.29 is 9.53 Å². The summed E-state index contributed by atoms with van der Waals surface area (Å²) in [4.78, 5) is 22.1. The van der Waals surface area contributed by atoms with E-state index in [0.29, 0.717) is 18.8 Å². The molecular formula is C28H34N6O2. The summed E-state index contributed by atoms with van der Waals surface area (Å²) in [6, 6.07) is 18.1. The number of pyridine rings is 1. The minimum atomic E-state index is -0.153. The van der Waals surface area contributed by atoms with Crippen molar-refractivity contribution in [3.63, 3.8) is 0 Å². The monoisotopic (exact) mass is 486 g/mol. The molecule has 3 aromatic rings. The molecule has 2 fully saturated rings. The first kappa shape index (κ1) is 24.2. The number of nitrogens with one attached hydrogen (secondary N) is 3. The number of piperazine rings is 1. The highest BCUT2D eigenvalue weighted by Gasteiger charge is 2.15. The van der Waals surface area contributed by atoms with Gasteiger partial charge in [0.05, 0.1) is 13.2 Å². The Morgan fingerprint density at radius 2 is 1.83 bits per heavy atom. The molecular weight excluding hydrogens is 452 g/mol. The predicted octanol–water partition coefficient (Wildman–Crippen LogP) is 3.63. The Hall–Kier alpha value is -3.46. The summed E-state index contributed by atoms with van der Waals surface area (Å²) >= 11 is 0. The molecule has 2 aromatic carbocycles. The Labute approximate surface area is 212 Å². The number of hydrogen-bond acceptors (Lipinski definition) is 7. The number of ether oxygens (including phenoxy) is 1. The zero-order valence-electron chi connectivity index (χ0n) is 20.8. The van der Waals surface area contributed by atoms with Crippen molar-refractivity contribution in [3.05, 3.63) is 77.5 Å². The first-order valence-electron chi connectivity index (χ1n) is 12.6. The van der Waals surface area contributed by atoms with Crippen LogP contribution in [-0.4, -0.2) is 68.3 Å². The molecule has 0 radical (unpaired) electrons. The molecule has 1 aromatic heterocycles. The maximum absolute atomic E-state index is 13.0. The number of morpholine rings is 1. The third kappa shape index (κ3) is 6.20. The van der Waals surface area contributed by atoms with Gasteiger partial charge in [-0.2, -0.15) is 0 Å². The van der Waals surface area contributed by atoms with E-state index < -0.39 is 0 Å². The van der Waals surface area contributed by atoms with E-state index in [1.54, 1.807) is 12.3 Å². The topological polar surface area (TPSA) is 81.8 Å². The van der Waals surface area contributed by atoms with E-state index in [0.717, 1.165) is 74.3 Å². The number of benzene rings is 2. The Kier molecular flexibility index (Phi) is 7.76. The van der Waals surface area contributed by atoms with Crippen LogP contribution in [0.5, 0.6) is 0 Å². The quantitative estimate of drug-likeness (QED) is 0.471. The van der Waals surface area contributed by atoms with E-state index in [1.165, 1.54) is 5.56 Å². The normalized spacial score (nSPS) is 16.5. The van der Waals surface area contributed by atoms with Crippen LogP contribution < -0.4 is 20.9 Å². The van der Waals surface area contributed by atoms with Crippen molar-refractivity contribution >= 4 is 28.8 Å². The number of amides is 1. The molecule has 1 amide bonds. The molecule has 3 N–H and O–H groups in total. The molecule has 8 heteroatoms. The highest BCUT2D eigenvalue weighted by molar-refractivity contribution is 6.05. The first-order valence-corrected chi connectivity index (χ1v) is 12.6. The van der Waals surface area contributed by atoms with Gasteiger partial charge in [0.1, 0.15) is 5.82 Å². The van der Waals surface area contributed by atoms with Crippen LogP contribution in [-0.2, 0) is 11.3 Å². The molecule has 0 bridgehead atoms. The van der Waals surface area contributed by atoms with E-state index in [4.69, 9.17) is 4.74 Å². The molecule has 188 valence electrons. The third-order valence-corrected chi connectivity index (χ3v) is 6.66. The summed E-state index contributed by atoms with van der Waals surface area (Å²) in [7, 11) is 0. The minimum absolute atomic E-state index is 0.153. The van der Waals surface area contributed by atoms with Crippen molar-refractivity contribution in [1.82, 2.24) is 15.2 Å². The second kappa shape index (κ2) is 11.5. The molecule has 2 aliphatic heterocycles. The van der Waals surface area contributed by atoms with Gasteiger partial charge in [-0.3, -0.25) is 9.69 Å². The van der Waals surface area contributed by atoms with Gasteiger partial charge in [0.15, 0.2) is 0 Å². The molecule has 0 spiro atoms. The molecule has 0 atom stereocenters. The average Bonchev–Trinajstić information content (AvgIpc) is 2.92. The number of hydrogen-bond donors (Lipinski definition) is 3. The lowest BCUT2D eigenvalue weighted by Crippen LogP contribution is -2.42. The summed E-state index contributed by atoms with van der Waals surface area (Å²) in [6.45, 7) is 10.2. The van der Waals surface area contributed by atoms with Crippen molar-refractivity contribution in [2.24, 2.45) is 0 Å². The molecule has 5 rings (SSSR count). The molecule has 0 saturated carbocycles. The number of aryl methyl sites for hydroxylation is 1. The van der Waals surface area contributed by atoms with Crippen molar-refractivity contribution in [2.75, 3.05) is 68.0 Å². The van der Waals surface area contributed by atoms with Crippen molar-refractivity contribution in [3.8, 4) is 0 Å². The van der Waals surface area contributed by atoms with Gasteiger partial charge in [0.2, 0.25) is 0 Å². The lowest BCUT2D eigenvalue weighted by atomic mass is 10.1. The summed E-state index contributed by atoms with van der Waals surface area (Å²) in [5, 5.41) is 9.99. The maximum atomic E-state index is 13.0. The van der Waals surface area contributed by atoms with Crippen LogP contribution in [0.25, 0.3) is 0 Å². The molecule has 0 aliphatic carbocycles. The second-order valence-corrected chi connectivity index (χ2v) is 9.34. The van der Waals surface area contributed by atoms with Gasteiger partial charge in [-0.05, 0) is 54.4 Å². The van der Waals surface area contributed by atoms with Crippen LogP contribution >= 0.6 is 0 Å². The Balaban J connectivity index is 1.26. The fourth-order valence-electron chi connectivity index (χ4n) is 4.59. The number of carbonyl (C=O) groups is 1. The smallest absolute Gasteiger partial charge is 0.255 e. The van der Waals surface area contributed by atoms with Gasteiger partial charge in [0.25, 0.3) is 5.91 Å². The van der Waals surface area contributed by atoms with Gasteiger partial charge in [-0.15, -0.1) is 0 Å². The number of aromatic nitrogens is 1. The average molecular weight is 487 g/mol. The Morgan fingerprint density at radius 3 is 2.67 bits per heavy atom. The van der Waals surface area contributed by atoms with Gasteiger partial charge in [-0.1, -0.05) is 18.2 Å². The van der Waals surface area contributed by atoms with Crippen LogP contribution in [0.3, 0.4) is 0 Å². The summed E-state index contributed by atoms with van der Waals surface area (Å²) in [5.74, 6) is 0.651. The lowest BCUT2D eigenvalue weighted by molar-refractivity contribution is 0.102. The van der Waals surface area contributed by atoms with Gasteiger partial charge in [0, 0.05) is 74.6 Å². The van der Waals surface area contributed by atoms with E-state index in [2.05, 4.69) is 61.9 Å². The van der Waals surface area contributed by atoms with Gasteiger partial charge < -0.3 is 25.6 Å². The van der Waals surface area contributed by atoms with Crippen molar-refractivity contribution in [2.45, 2.75) is 13.5 Å². The predicted molar refractivity (Wildman–Crippen MR) is 144 cm³/mol. The molecule has 2 aliphatic rings. The van der Waals surface area contributed by atoms with Gasteiger partial charge >= 0.3 is 0 Å². The SMILES string of the molecule is Cc1ccc(NC(=O)c2ccnc(N3CCOCC3)c2)cc1Nc1cccc(CN2CCNCC2)c1. The largest absolute Gasteiger partial charge is 0.378 e. The van der Waals surface area contributed by atoms with Gasteiger partial charge in [-0.25, -0.2) is 4.98 Å². The number of carbonyl (C=O) groups excluding carboxylic acids is 1. The standard InChI is InChI=1S/C28H34N6O2/c1-21-5-6-25(32-28(35)23-7-8-30-27(18-23)34-13-15-36-16-14-34)19-26(21)31-24-4-2-3-22(17-24)20-33-11-9-29-10-12-33/h2-8,17-19,29,31H,9-16,20H2,1H3,(H,32,35). The van der Waals surface area contributed by atoms with Crippen molar-refractivity contribution in [1.29, 1.82) is 0 Å². The fourth-order valence-corrected chi connectivity index (χ4v) is 4.59. The van der Waals surface area contributed by atoms with E-state index >= 15 is 0 Å². The Morgan fingerprint density at radius 1 is 1.00 bits per heavy atom.